The molecule has 25 heavy (non-hydrogen) atoms. The van der Waals surface area contributed by atoms with Gasteiger partial charge < -0.3 is 14.4 Å². The van der Waals surface area contributed by atoms with Crippen molar-refractivity contribution < 1.29 is 14.3 Å². The van der Waals surface area contributed by atoms with E-state index in [9.17, 15) is 4.79 Å². The minimum absolute atomic E-state index is 0.276. The highest BCUT2D eigenvalue weighted by atomic mass is 35.5. The van der Waals surface area contributed by atoms with Gasteiger partial charge >= 0.3 is 6.16 Å². The molecule has 0 saturated heterocycles. The molecule has 2 aromatic carbocycles. The van der Waals surface area contributed by atoms with Gasteiger partial charge in [-0.25, -0.2) is 4.79 Å². The van der Waals surface area contributed by atoms with Crippen molar-refractivity contribution in [1.29, 1.82) is 0 Å². The lowest BCUT2D eigenvalue weighted by Gasteiger charge is -2.31. The van der Waals surface area contributed by atoms with Crippen LogP contribution in [0.2, 0.25) is 0 Å². The fourth-order valence-electron chi connectivity index (χ4n) is 3.25. The predicted octanol–water partition coefficient (Wildman–Crippen LogP) is 4.19. The summed E-state index contributed by atoms with van der Waals surface area (Å²) in [5.74, 6) is 0.447. The first-order chi connectivity index (χ1) is 12.0. The molecule has 1 aliphatic rings. The maximum absolute atomic E-state index is 11.6. The number of hydrogen-bond donors (Lipinski definition) is 0. The normalized spacial score (nSPS) is 20.4. The fraction of sp³-hybridized carbons (Fsp3) is 0.350. The van der Waals surface area contributed by atoms with Crippen LogP contribution in [0, 0.1) is 0 Å². The van der Waals surface area contributed by atoms with Gasteiger partial charge in [0.25, 0.3) is 0 Å². The van der Waals surface area contributed by atoms with E-state index in [4.69, 9.17) is 21.1 Å². The van der Waals surface area contributed by atoms with Crippen molar-refractivity contribution in [3.8, 4) is 5.75 Å². The van der Waals surface area contributed by atoms with E-state index in [1.165, 1.54) is 5.56 Å². The molecule has 1 unspecified atom stereocenters. The van der Waals surface area contributed by atoms with Gasteiger partial charge in [-0.05, 0) is 49.2 Å². The third kappa shape index (κ3) is 3.80. The van der Waals surface area contributed by atoms with Gasteiger partial charge in [0, 0.05) is 13.1 Å². The van der Waals surface area contributed by atoms with Crippen molar-refractivity contribution in [3.05, 3.63) is 65.2 Å². The Morgan fingerprint density at radius 3 is 2.72 bits per heavy atom. The van der Waals surface area contributed by atoms with Crippen LogP contribution in [0.4, 0.5) is 4.79 Å². The Hall–Kier alpha value is -2.04. The van der Waals surface area contributed by atoms with Crippen LogP contribution in [-0.2, 0) is 16.0 Å². The Kier molecular flexibility index (Phi) is 5.30. The lowest BCUT2D eigenvalue weighted by molar-refractivity contribution is 0.104. The molecule has 0 spiro atoms. The van der Waals surface area contributed by atoms with Crippen LogP contribution in [0.1, 0.15) is 23.6 Å². The summed E-state index contributed by atoms with van der Waals surface area (Å²) in [4.78, 5) is 13.2. The summed E-state index contributed by atoms with van der Waals surface area (Å²) in [6.45, 7) is 3.62. The molecule has 3 rings (SSSR count). The Bertz CT molecular complexity index is 750. The van der Waals surface area contributed by atoms with Crippen LogP contribution in [0.25, 0.3) is 0 Å². The number of benzene rings is 2. The van der Waals surface area contributed by atoms with Gasteiger partial charge in [-0.3, -0.25) is 0 Å². The molecular formula is C20H22ClNO3. The molecule has 2 aromatic rings. The molecule has 0 saturated carbocycles. The highest BCUT2D eigenvalue weighted by Gasteiger charge is 2.37. The van der Waals surface area contributed by atoms with Gasteiger partial charge in [0.2, 0.25) is 0 Å². The summed E-state index contributed by atoms with van der Waals surface area (Å²) in [7, 11) is 2.07. The average molecular weight is 360 g/mol. The minimum atomic E-state index is -0.701. The van der Waals surface area contributed by atoms with Gasteiger partial charge in [0.15, 0.2) is 0 Å². The first-order valence-electron chi connectivity index (χ1n) is 8.44. The maximum Gasteiger partial charge on any atom is 0.513 e. The molecule has 0 N–H and O–H groups in total. The topological polar surface area (TPSA) is 38.8 Å². The molecule has 4 nitrogen and oxygen atoms in total. The molecule has 5 heteroatoms. The summed E-state index contributed by atoms with van der Waals surface area (Å²) in [6, 6.07) is 15.7. The second kappa shape index (κ2) is 7.46. The van der Waals surface area contributed by atoms with E-state index in [1.54, 1.807) is 13.0 Å². The van der Waals surface area contributed by atoms with Gasteiger partial charge in [-0.2, -0.15) is 0 Å². The summed E-state index contributed by atoms with van der Waals surface area (Å²) in [5.41, 5.74) is 3.17. The van der Waals surface area contributed by atoms with E-state index in [0.29, 0.717) is 12.3 Å². The molecule has 0 aromatic heterocycles. The molecule has 1 aliphatic heterocycles. The van der Waals surface area contributed by atoms with E-state index in [2.05, 4.69) is 11.9 Å². The molecule has 0 fully saturated rings. The van der Waals surface area contributed by atoms with Crippen molar-refractivity contribution in [3.63, 3.8) is 0 Å². The highest BCUT2D eigenvalue weighted by molar-refractivity contribution is 6.26. The number of alkyl halides is 1. The molecule has 1 heterocycles. The van der Waals surface area contributed by atoms with Crippen LogP contribution in [-0.4, -0.2) is 37.8 Å². The van der Waals surface area contributed by atoms with Gasteiger partial charge in [0.1, 0.15) is 10.6 Å². The predicted molar refractivity (Wildman–Crippen MR) is 98.4 cm³/mol. The zero-order valence-electron chi connectivity index (χ0n) is 14.5. The quantitative estimate of drug-likeness (QED) is 0.468. The zero-order chi connectivity index (χ0) is 17.9. The first kappa shape index (κ1) is 17.8. The number of carbonyl (C=O) groups is 1. The second-order valence-corrected chi connectivity index (χ2v) is 6.90. The Balaban J connectivity index is 2.04. The summed E-state index contributed by atoms with van der Waals surface area (Å²) in [5, 5.41) is 0. The second-order valence-electron chi connectivity index (χ2n) is 6.26. The molecule has 1 atom stereocenters. The van der Waals surface area contributed by atoms with Crippen molar-refractivity contribution >= 4 is 17.8 Å². The van der Waals surface area contributed by atoms with E-state index >= 15 is 0 Å². The van der Waals surface area contributed by atoms with E-state index in [0.717, 1.165) is 24.1 Å². The highest BCUT2D eigenvalue weighted by Crippen LogP contribution is 2.42. The number of hydrogen-bond acceptors (Lipinski definition) is 4. The van der Waals surface area contributed by atoms with Crippen LogP contribution < -0.4 is 4.74 Å². The molecule has 0 bridgehead atoms. The number of halogens is 1. The van der Waals surface area contributed by atoms with Gasteiger partial charge in [-0.15, -0.1) is 11.6 Å². The van der Waals surface area contributed by atoms with Crippen LogP contribution >= 0.6 is 11.6 Å². The van der Waals surface area contributed by atoms with E-state index in [1.807, 2.05) is 42.5 Å². The summed E-state index contributed by atoms with van der Waals surface area (Å²) >= 11 is 7.19. The number of nitrogens with zero attached hydrogens (tertiary/aromatic N) is 1. The van der Waals surface area contributed by atoms with Crippen LogP contribution in [0.5, 0.6) is 5.75 Å². The standard InChI is InChI=1S/C20H22ClNO3/c1-3-24-19(23)25-17-10-9-15-11-12-22(2)14-20(21,18(15)13-17)16-7-5-4-6-8-16/h4-10,13H,3,11-12,14H2,1-2H3. The van der Waals surface area contributed by atoms with Crippen molar-refractivity contribution in [2.45, 2.75) is 18.2 Å². The number of rotatable bonds is 3. The minimum Gasteiger partial charge on any atom is -0.434 e. The largest absolute Gasteiger partial charge is 0.513 e. The molecule has 0 amide bonds. The first-order valence-corrected chi connectivity index (χ1v) is 8.81. The zero-order valence-corrected chi connectivity index (χ0v) is 15.3. The molecular weight excluding hydrogens is 338 g/mol. The lowest BCUT2D eigenvalue weighted by Crippen LogP contribution is -2.34. The Morgan fingerprint density at radius 2 is 2.00 bits per heavy atom. The summed E-state index contributed by atoms with van der Waals surface area (Å²) < 4.78 is 10.2. The molecule has 0 radical (unpaired) electrons. The monoisotopic (exact) mass is 359 g/mol. The van der Waals surface area contributed by atoms with Gasteiger partial charge in [0.05, 0.1) is 6.61 Å². The third-order valence-electron chi connectivity index (χ3n) is 4.45. The van der Waals surface area contributed by atoms with Crippen LogP contribution in [0.3, 0.4) is 0 Å². The fourth-order valence-corrected chi connectivity index (χ4v) is 3.75. The Morgan fingerprint density at radius 1 is 1.24 bits per heavy atom. The number of carbonyl (C=O) groups excluding carboxylic acids is 1. The van der Waals surface area contributed by atoms with Crippen molar-refractivity contribution in [2.75, 3.05) is 26.7 Å². The molecule has 132 valence electrons. The van der Waals surface area contributed by atoms with E-state index in [-0.39, 0.29) is 6.61 Å². The van der Waals surface area contributed by atoms with Crippen molar-refractivity contribution in [2.24, 2.45) is 0 Å². The Labute approximate surface area is 153 Å². The van der Waals surface area contributed by atoms with Gasteiger partial charge in [-0.1, -0.05) is 36.4 Å². The lowest BCUT2D eigenvalue weighted by atomic mass is 9.87. The number of likely N-dealkylation sites (N-methyl/N-ethyl adjacent to an activating group) is 1. The summed E-state index contributed by atoms with van der Waals surface area (Å²) in [6.07, 6.45) is 0.195. The number of fused-ring (bicyclic) bond motifs is 1. The van der Waals surface area contributed by atoms with E-state index < -0.39 is 11.0 Å². The number of ether oxygens (including phenoxy) is 2. The van der Waals surface area contributed by atoms with Crippen molar-refractivity contribution in [1.82, 2.24) is 4.90 Å². The van der Waals surface area contributed by atoms with Crippen LogP contribution in [0.15, 0.2) is 48.5 Å². The smallest absolute Gasteiger partial charge is 0.434 e. The maximum atomic E-state index is 11.6. The third-order valence-corrected chi connectivity index (χ3v) is 4.99. The SMILES string of the molecule is CCOC(=O)Oc1ccc2c(c1)C(Cl)(c1ccccc1)CN(C)CC2. The molecule has 0 aliphatic carbocycles. The average Bonchev–Trinajstić information content (AvgIpc) is 2.73.